The van der Waals surface area contributed by atoms with E-state index in [-0.39, 0.29) is 17.3 Å². The summed E-state index contributed by atoms with van der Waals surface area (Å²) in [6, 6.07) is 13.9. The molecule has 0 N–H and O–H groups in total. The summed E-state index contributed by atoms with van der Waals surface area (Å²) >= 11 is 5.93. The molecule has 0 unspecified atom stereocenters. The molecule has 1 saturated heterocycles. The van der Waals surface area contributed by atoms with E-state index in [9.17, 15) is 13.2 Å². The molecule has 0 bridgehead atoms. The molecule has 0 spiro atoms. The normalized spacial score (nSPS) is 15.7. The van der Waals surface area contributed by atoms with Crippen LogP contribution in [0.1, 0.15) is 5.56 Å². The van der Waals surface area contributed by atoms with Crippen LogP contribution in [-0.2, 0) is 21.4 Å². The fourth-order valence-corrected chi connectivity index (χ4v) is 5.07. The van der Waals surface area contributed by atoms with E-state index in [0.717, 1.165) is 11.3 Å². The van der Waals surface area contributed by atoms with Crippen LogP contribution in [0.5, 0.6) is 5.75 Å². The van der Waals surface area contributed by atoms with Crippen LogP contribution in [0.3, 0.4) is 0 Å². The maximum absolute atomic E-state index is 12.8. The average Bonchev–Trinajstić information content (AvgIpc) is 2.74. The third-order valence-electron chi connectivity index (χ3n) is 5.10. The van der Waals surface area contributed by atoms with Crippen molar-refractivity contribution in [3.63, 3.8) is 0 Å². The second-order valence-electron chi connectivity index (χ2n) is 7.24. The molecule has 30 heavy (non-hydrogen) atoms. The summed E-state index contributed by atoms with van der Waals surface area (Å²) in [4.78, 5) is 16.5. The predicted molar refractivity (Wildman–Crippen MR) is 116 cm³/mol. The summed E-state index contributed by atoms with van der Waals surface area (Å²) in [7, 11) is -0.208. The molecule has 1 aliphatic rings. The minimum absolute atomic E-state index is 0.0102. The third kappa shape index (κ3) is 5.51. The smallest absolute Gasteiger partial charge is 0.243 e. The maximum Gasteiger partial charge on any atom is 0.243 e. The maximum atomic E-state index is 12.8. The molecule has 0 aromatic heterocycles. The number of hydrogen-bond donors (Lipinski definition) is 0. The van der Waals surface area contributed by atoms with Gasteiger partial charge in [0.15, 0.2) is 0 Å². The SMILES string of the molecule is COc1cccc(CN(C)C(=O)CN2CCN(S(=O)(=O)c3cccc(Cl)c3)CC2)c1. The van der Waals surface area contributed by atoms with Crippen LogP contribution >= 0.6 is 11.6 Å². The van der Waals surface area contributed by atoms with Gasteiger partial charge in [-0.1, -0.05) is 29.8 Å². The van der Waals surface area contributed by atoms with Crippen molar-refractivity contribution >= 4 is 27.5 Å². The van der Waals surface area contributed by atoms with Crippen molar-refractivity contribution in [1.29, 1.82) is 0 Å². The number of piperazine rings is 1. The minimum Gasteiger partial charge on any atom is -0.497 e. The summed E-state index contributed by atoms with van der Waals surface area (Å²) in [5.41, 5.74) is 0.989. The number of likely N-dealkylation sites (N-methyl/N-ethyl adjacent to an activating group) is 1. The molecule has 1 heterocycles. The number of ether oxygens (including phenoxy) is 1. The lowest BCUT2D eigenvalue weighted by molar-refractivity contribution is -0.131. The van der Waals surface area contributed by atoms with Crippen LogP contribution in [0.2, 0.25) is 5.02 Å². The number of hydrogen-bond acceptors (Lipinski definition) is 5. The molecule has 7 nitrogen and oxygen atoms in total. The molecule has 0 aliphatic carbocycles. The summed E-state index contributed by atoms with van der Waals surface area (Å²) in [6.07, 6.45) is 0. The Morgan fingerprint density at radius 2 is 1.80 bits per heavy atom. The fraction of sp³-hybridized carbons (Fsp3) is 0.381. The number of halogens is 1. The zero-order chi connectivity index (χ0) is 21.7. The van der Waals surface area contributed by atoms with Gasteiger partial charge < -0.3 is 9.64 Å². The van der Waals surface area contributed by atoms with Crippen LogP contribution in [0.25, 0.3) is 0 Å². The van der Waals surface area contributed by atoms with Crippen molar-refractivity contribution in [2.45, 2.75) is 11.4 Å². The summed E-state index contributed by atoms with van der Waals surface area (Å²) < 4.78 is 32.3. The van der Waals surface area contributed by atoms with Gasteiger partial charge >= 0.3 is 0 Å². The number of sulfonamides is 1. The van der Waals surface area contributed by atoms with Gasteiger partial charge in [-0.15, -0.1) is 0 Å². The lowest BCUT2D eigenvalue weighted by Gasteiger charge is -2.34. The molecule has 2 aromatic carbocycles. The van der Waals surface area contributed by atoms with Gasteiger partial charge in [0.2, 0.25) is 15.9 Å². The number of amides is 1. The number of rotatable bonds is 7. The van der Waals surface area contributed by atoms with Gasteiger partial charge in [0, 0.05) is 44.8 Å². The van der Waals surface area contributed by atoms with E-state index >= 15 is 0 Å². The van der Waals surface area contributed by atoms with E-state index in [2.05, 4.69) is 0 Å². The number of nitrogens with zero attached hydrogens (tertiary/aromatic N) is 3. The third-order valence-corrected chi connectivity index (χ3v) is 7.23. The van der Waals surface area contributed by atoms with Gasteiger partial charge in [0.1, 0.15) is 5.75 Å². The molecule has 0 atom stereocenters. The molecule has 1 aliphatic heterocycles. The highest BCUT2D eigenvalue weighted by molar-refractivity contribution is 7.89. The first-order valence-electron chi connectivity index (χ1n) is 9.64. The number of carbonyl (C=O) groups is 1. The lowest BCUT2D eigenvalue weighted by atomic mass is 10.2. The Bertz CT molecular complexity index is 991. The molecule has 0 radical (unpaired) electrons. The first-order chi connectivity index (χ1) is 14.3. The van der Waals surface area contributed by atoms with Crippen molar-refractivity contribution < 1.29 is 17.9 Å². The number of benzene rings is 2. The van der Waals surface area contributed by atoms with Crippen LogP contribution < -0.4 is 4.74 Å². The van der Waals surface area contributed by atoms with Crippen LogP contribution in [0.4, 0.5) is 0 Å². The number of methoxy groups -OCH3 is 1. The fourth-order valence-electron chi connectivity index (χ4n) is 3.35. The van der Waals surface area contributed by atoms with Gasteiger partial charge in [0.25, 0.3) is 0 Å². The Labute approximate surface area is 182 Å². The van der Waals surface area contributed by atoms with E-state index in [1.807, 2.05) is 29.2 Å². The number of carbonyl (C=O) groups excluding carboxylic acids is 1. The molecular formula is C21H26ClN3O4S. The summed E-state index contributed by atoms with van der Waals surface area (Å²) in [5, 5.41) is 0.388. The quantitative estimate of drug-likeness (QED) is 0.646. The van der Waals surface area contributed by atoms with E-state index in [1.165, 1.54) is 10.4 Å². The van der Waals surface area contributed by atoms with Crippen molar-refractivity contribution in [3.05, 3.63) is 59.1 Å². The monoisotopic (exact) mass is 451 g/mol. The van der Waals surface area contributed by atoms with Gasteiger partial charge in [-0.2, -0.15) is 4.31 Å². The van der Waals surface area contributed by atoms with Crippen LogP contribution in [-0.4, -0.2) is 75.3 Å². The van der Waals surface area contributed by atoms with Gasteiger partial charge in [-0.25, -0.2) is 8.42 Å². The molecule has 1 amide bonds. The Morgan fingerprint density at radius 1 is 1.10 bits per heavy atom. The molecule has 0 saturated carbocycles. The van der Waals surface area contributed by atoms with E-state index in [4.69, 9.17) is 16.3 Å². The highest BCUT2D eigenvalue weighted by Crippen LogP contribution is 2.21. The summed E-state index contributed by atoms with van der Waals surface area (Å²) in [5.74, 6) is 0.745. The van der Waals surface area contributed by atoms with E-state index in [0.29, 0.717) is 37.7 Å². The van der Waals surface area contributed by atoms with Crippen molar-refractivity contribution in [1.82, 2.24) is 14.1 Å². The molecule has 1 fully saturated rings. The molecule has 162 valence electrons. The minimum atomic E-state index is -3.59. The standard InChI is InChI=1S/C21H26ClN3O4S/c1-23(15-17-5-3-7-19(13-17)29-2)21(26)16-24-9-11-25(12-10-24)30(27,28)20-8-4-6-18(22)14-20/h3-8,13-14H,9-12,15-16H2,1-2H3. The molecule has 9 heteroatoms. The summed E-state index contributed by atoms with van der Waals surface area (Å²) in [6.45, 7) is 2.41. The van der Waals surface area contributed by atoms with Crippen molar-refractivity contribution in [3.8, 4) is 5.75 Å². The topological polar surface area (TPSA) is 70.2 Å². The first-order valence-corrected chi connectivity index (χ1v) is 11.5. The molecule has 3 rings (SSSR count). The zero-order valence-electron chi connectivity index (χ0n) is 17.1. The van der Waals surface area contributed by atoms with Gasteiger partial charge in [0.05, 0.1) is 18.6 Å². The first kappa shape index (κ1) is 22.6. The van der Waals surface area contributed by atoms with Crippen molar-refractivity contribution in [2.24, 2.45) is 0 Å². The van der Waals surface area contributed by atoms with Crippen LogP contribution in [0.15, 0.2) is 53.4 Å². The second-order valence-corrected chi connectivity index (χ2v) is 9.61. The Hall–Kier alpha value is -2.13. The van der Waals surface area contributed by atoms with Gasteiger partial charge in [-0.05, 0) is 35.9 Å². The Balaban J connectivity index is 1.53. The van der Waals surface area contributed by atoms with Gasteiger partial charge in [-0.3, -0.25) is 9.69 Å². The van der Waals surface area contributed by atoms with E-state index in [1.54, 1.807) is 37.3 Å². The molecule has 2 aromatic rings. The average molecular weight is 452 g/mol. The van der Waals surface area contributed by atoms with E-state index < -0.39 is 10.0 Å². The molecular weight excluding hydrogens is 426 g/mol. The zero-order valence-corrected chi connectivity index (χ0v) is 18.7. The second kappa shape index (κ2) is 9.78. The Kier molecular flexibility index (Phi) is 7.36. The largest absolute Gasteiger partial charge is 0.497 e. The highest BCUT2D eigenvalue weighted by atomic mass is 35.5. The predicted octanol–water partition coefficient (Wildman–Crippen LogP) is 2.31. The van der Waals surface area contributed by atoms with Crippen LogP contribution in [0, 0.1) is 0 Å². The lowest BCUT2D eigenvalue weighted by Crippen LogP contribution is -2.51. The Morgan fingerprint density at radius 3 is 2.47 bits per heavy atom. The van der Waals surface area contributed by atoms with Crippen molar-refractivity contribution in [2.75, 3.05) is 46.9 Å². The highest BCUT2D eigenvalue weighted by Gasteiger charge is 2.29.